The molecule has 1 N–H and O–H groups in total. The summed E-state index contributed by atoms with van der Waals surface area (Å²) in [6, 6.07) is 18.6. The summed E-state index contributed by atoms with van der Waals surface area (Å²) in [4.78, 5) is 16.4. The first kappa shape index (κ1) is 19.6. The summed E-state index contributed by atoms with van der Waals surface area (Å²) in [5, 5.41) is 12.1. The minimum absolute atomic E-state index is 0.0518. The van der Waals surface area contributed by atoms with Crippen LogP contribution >= 0.6 is 15.9 Å². The summed E-state index contributed by atoms with van der Waals surface area (Å²) in [5.74, 6) is 0.762. The Balaban J connectivity index is 1.63. The lowest BCUT2D eigenvalue weighted by molar-refractivity contribution is -0.116. The predicted molar refractivity (Wildman–Crippen MR) is 111 cm³/mol. The summed E-state index contributed by atoms with van der Waals surface area (Å²) >= 11 is 3.50. The number of hydrogen-bond donors (Lipinski definition) is 1. The molecule has 0 spiro atoms. The first-order valence-electron chi connectivity index (χ1n) is 8.73. The molecule has 0 unspecified atom stereocenters. The Morgan fingerprint density at radius 1 is 1.21 bits per heavy atom. The number of carbonyl (C=O) groups is 1. The van der Waals surface area contributed by atoms with Crippen LogP contribution in [0.15, 0.2) is 65.3 Å². The molecule has 2 aromatic carbocycles. The zero-order valence-corrected chi connectivity index (χ0v) is 16.9. The van der Waals surface area contributed by atoms with Crippen LogP contribution in [0.5, 0.6) is 11.6 Å². The van der Waals surface area contributed by atoms with E-state index in [4.69, 9.17) is 10.00 Å². The van der Waals surface area contributed by atoms with E-state index in [1.165, 1.54) is 0 Å². The molecule has 0 aliphatic heterocycles. The molecule has 0 radical (unpaired) electrons. The van der Waals surface area contributed by atoms with Gasteiger partial charge in [0.1, 0.15) is 17.4 Å². The van der Waals surface area contributed by atoms with Crippen molar-refractivity contribution >= 4 is 27.5 Å². The summed E-state index contributed by atoms with van der Waals surface area (Å²) in [7, 11) is 0. The van der Waals surface area contributed by atoms with E-state index in [2.05, 4.69) is 32.3 Å². The van der Waals surface area contributed by atoms with Gasteiger partial charge in [-0.15, -0.1) is 0 Å². The van der Waals surface area contributed by atoms with Crippen LogP contribution in [0.1, 0.15) is 23.1 Å². The first-order valence-corrected chi connectivity index (χ1v) is 9.53. The molecule has 0 saturated carbocycles. The van der Waals surface area contributed by atoms with E-state index in [0.717, 1.165) is 21.3 Å². The highest BCUT2D eigenvalue weighted by Crippen LogP contribution is 2.27. The Morgan fingerprint density at radius 2 is 2.04 bits per heavy atom. The minimum atomic E-state index is -0.0518. The van der Waals surface area contributed by atoms with Gasteiger partial charge in [-0.2, -0.15) is 5.26 Å². The van der Waals surface area contributed by atoms with Crippen LogP contribution in [0.4, 0.5) is 5.69 Å². The molecule has 3 rings (SSSR count). The Labute approximate surface area is 172 Å². The molecule has 140 valence electrons. The van der Waals surface area contributed by atoms with Crippen LogP contribution in [0.3, 0.4) is 0 Å². The maximum Gasteiger partial charge on any atom is 0.237 e. The van der Waals surface area contributed by atoms with Crippen molar-refractivity contribution in [3.8, 4) is 17.7 Å². The van der Waals surface area contributed by atoms with Crippen molar-refractivity contribution in [1.29, 1.82) is 5.26 Å². The van der Waals surface area contributed by atoms with Gasteiger partial charge in [0.25, 0.3) is 0 Å². The van der Waals surface area contributed by atoms with Gasteiger partial charge in [-0.25, -0.2) is 4.98 Å². The molecule has 6 heteroatoms. The van der Waals surface area contributed by atoms with Gasteiger partial charge in [-0.1, -0.05) is 34.1 Å². The Bertz CT molecular complexity index is 1040. The second kappa shape index (κ2) is 9.16. The third-order valence-corrected chi connectivity index (χ3v) is 4.93. The van der Waals surface area contributed by atoms with E-state index < -0.39 is 0 Å². The Kier molecular flexibility index (Phi) is 6.41. The molecule has 1 amide bonds. The smallest absolute Gasteiger partial charge is 0.237 e. The van der Waals surface area contributed by atoms with Crippen molar-refractivity contribution in [3.05, 3.63) is 82.0 Å². The van der Waals surface area contributed by atoms with E-state index in [-0.39, 0.29) is 11.8 Å². The highest BCUT2D eigenvalue weighted by Gasteiger charge is 2.10. The topological polar surface area (TPSA) is 75.0 Å². The predicted octanol–water partition coefficient (Wildman–Crippen LogP) is 5.39. The number of hydrogen-bond acceptors (Lipinski definition) is 4. The van der Waals surface area contributed by atoms with E-state index in [1.807, 2.05) is 31.2 Å². The van der Waals surface area contributed by atoms with Gasteiger partial charge in [-0.05, 0) is 60.9 Å². The third kappa shape index (κ3) is 4.96. The van der Waals surface area contributed by atoms with Crippen LogP contribution in [0, 0.1) is 18.3 Å². The number of anilines is 1. The largest absolute Gasteiger partial charge is 0.438 e. The third-order valence-electron chi connectivity index (χ3n) is 4.16. The molecule has 0 atom stereocenters. The number of rotatable bonds is 6. The molecule has 0 fully saturated rings. The van der Waals surface area contributed by atoms with Gasteiger partial charge in [0.15, 0.2) is 0 Å². The SMILES string of the molecule is Cc1cc(Oc2ncccc2C#N)ccc1NC(=O)CCc1ccccc1Br. The lowest BCUT2D eigenvalue weighted by Gasteiger charge is -2.11. The number of carbonyl (C=O) groups excluding carboxylic acids is 1. The molecular weight excluding hydrogens is 418 g/mol. The van der Waals surface area contributed by atoms with Crippen LogP contribution in [0.2, 0.25) is 0 Å². The summed E-state index contributed by atoms with van der Waals surface area (Å²) < 4.78 is 6.71. The number of ether oxygens (including phenoxy) is 1. The fraction of sp³-hybridized carbons (Fsp3) is 0.136. The second-order valence-corrected chi connectivity index (χ2v) is 7.04. The number of nitrogens with zero attached hydrogens (tertiary/aromatic N) is 2. The number of nitrogens with one attached hydrogen (secondary N) is 1. The number of aromatic nitrogens is 1. The summed E-state index contributed by atoms with van der Waals surface area (Å²) in [6.07, 6.45) is 2.62. The van der Waals surface area contributed by atoms with Gasteiger partial charge in [-0.3, -0.25) is 4.79 Å². The van der Waals surface area contributed by atoms with Crippen molar-refractivity contribution in [1.82, 2.24) is 4.98 Å². The van der Waals surface area contributed by atoms with Crippen LogP contribution in [-0.4, -0.2) is 10.9 Å². The highest BCUT2D eigenvalue weighted by molar-refractivity contribution is 9.10. The van der Waals surface area contributed by atoms with Crippen molar-refractivity contribution < 1.29 is 9.53 Å². The van der Waals surface area contributed by atoms with Gasteiger partial charge < -0.3 is 10.1 Å². The molecule has 0 aliphatic rings. The Hall–Kier alpha value is -3.17. The molecule has 1 aromatic heterocycles. The van der Waals surface area contributed by atoms with Gasteiger partial charge in [0.2, 0.25) is 11.8 Å². The molecule has 0 saturated heterocycles. The van der Waals surface area contributed by atoms with Gasteiger partial charge in [0.05, 0.1) is 0 Å². The number of aryl methyl sites for hydroxylation is 2. The fourth-order valence-corrected chi connectivity index (χ4v) is 3.15. The highest BCUT2D eigenvalue weighted by atomic mass is 79.9. The molecular formula is C22H18BrN3O2. The average molecular weight is 436 g/mol. The number of nitriles is 1. The number of halogens is 1. The lowest BCUT2D eigenvalue weighted by atomic mass is 10.1. The molecule has 5 nitrogen and oxygen atoms in total. The van der Waals surface area contributed by atoms with E-state index >= 15 is 0 Å². The molecule has 0 bridgehead atoms. The zero-order chi connectivity index (χ0) is 19.9. The van der Waals surface area contributed by atoms with Crippen molar-refractivity contribution in [2.75, 3.05) is 5.32 Å². The number of pyridine rings is 1. The van der Waals surface area contributed by atoms with Gasteiger partial charge >= 0.3 is 0 Å². The molecule has 1 heterocycles. The normalized spacial score (nSPS) is 10.2. The van der Waals surface area contributed by atoms with E-state index in [0.29, 0.717) is 24.2 Å². The lowest BCUT2D eigenvalue weighted by Crippen LogP contribution is -2.13. The first-order chi connectivity index (χ1) is 13.6. The quantitative estimate of drug-likeness (QED) is 0.563. The van der Waals surface area contributed by atoms with Gasteiger partial charge in [0, 0.05) is 22.8 Å². The van der Waals surface area contributed by atoms with Crippen molar-refractivity contribution in [3.63, 3.8) is 0 Å². The van der Waals surface area contributed by atoms with E-state index in [9.17, 15) is 4.79 Å². The molecule has 0 aliphatic carbocycles. The fourth-order valence-electron chi connectivity index (χ4n) is 2.67. The standard InChI is InChI=1S/C22H18BrN3O2/c1-15-13-18(28-22-17(14-24)6-4-12-25-22)9-10-20(15)26-21(27)11-8-16-5-2-3-7-19(16)23/h2-7,9-10,12-13H,8,11H2,1H3,(H,26,27). The van der Waals surface area contributed by atoms with Crippen molar-refractivity contribution in [2.24, 2.45) is 0 Å². The maximum absolute atomic E-state index is 12.3. The molecule has 3 aromatic rings. The summed E-state index contributed by atoms with van der Waals surface area (Å²) in [6.45, 7) is 1.89. The average Bonchev–Trinajstić information content (AvgIpc) is 2.70. The van der Waals surface area contributed by atoms with E-state index in [1.54, 1.807) is 36.5 Å². The second-order valence-electron chi connectivity index (χ2n) is 6.19. The monoisotopic (exact) mass is 435 g/mol. The maximum atomic E-state index is 12.3. The summed E-state index contributed by atoms with van der Waals surface area (Å²) in [5.41, 5.74) is 3.05. The minimum Gasteiger partial charge on any atom is -0.438 e. The number of amides is 1. The van der Waals surface area contributed by atoms with Crippen LogP contribution in [-0.2, 0) is 11.2 Å². The van der Waals surface area contributed by atoms with Crippen molar-refractivity contribution in [2.45, 2.75) is 19.8 Å². The molecule has 28 heavy (non-hydrogen) atoms. The zero-order valence-electron chi connectivity index (χ0n) is 15.3. The number of benzene rings is 2. The Morgan fingerprint density at radius 3 is 2.79 bits per heavy atom. The van der Waals surface area contributed by atoms with Crippen LogP contribution in [0.25, 0.3) is 0 Å². The van der Waals surface area contributed by atoms with Crippen LogP contribution < -0.4 is 10.1 Å².